The lowest BCUT2D eigenvalue weighted by Gasteiger charge is -2.33. The minimum atomic E-state index is -2.83. The fourth-order valence-corrected chi connectivity index (χ4v) is 3.53. The van der Waals surface area contributed by atoms with Gasteiger partial charge in [-0.3, -0.25) is 9.48 Å². The summed E-state index contributed by atoms with van der Waals surface area (Å²) in [5.74, 6) is -3.06. The quantitative estimate of drug-likeness (QED) is 0.658. The van der Waals surface area contributed by atoms with Crippen molar-refractivity contribution in [3.8, 4) is 0 Å². The number of hydrogen-bond acceptors (Lipinski definition) is 6. The van der Waals surface area contributed by atoms with Gasteiger partial charge in [0.1, 0.15) is 11.3 Å². The van der Waals surface area contributed by atoms with Gasteiger partial charge >= 0.3 is 0 Å². The molecule has 1 aliphatic rings. The fourth-order valence-electron chi connectivity index (χ4n) is 3.53. The number of amides is 1. The Morgan fingerprint density at radius 1 is 1.40 bits per heavy atom. The third-order valence-electron chi connectivity index (χ3n) is 4.76. The van der Waals surface area contributed by atoms with Crippen molar-refractivity contribution in [1.29, 1.82) is 0 Å². The lowest BCUT2D eigenvalue weighted by atomic mass is 10.1. The largest absolute Gasteiger partial charge is 0.389 e. The molecule has 0 radical (unpaired) electrons. The van der Waals surface area contributed by atoms with Crippen LogP contribution in [-0.2, 0) is 6.54 Å². The van der Waals surface area contributed by atoms with Crippen LogP contribution in [0.15, 0.2) is 30.9 Å². The Bertz CT molecular complexity index is 1070. The maximum atomic E-state index is 14.0. The normalized spacial score (nSPS) is 16.8. The van der Waals surface area contributed by atoms with E-state index in [1.807, 2.05) is 0 Å². The summed E-state index contributed by atoms with van der Waals surface area (Å²) in [6, 6.07) is 1.69. The predicted octanol–water partition coefficient (Wildman–Crippen LogP) is 2.18. The minimum absolute atomic E-state index is 0.137. The van der Waals surface area contributed by atoms with E-state index < -0.39 is 24.0 Å². The van der Waals surface area contributed by atoms with Gasteiger partial charge in [-0.1, -0.05) is 0 Å². The lowest BCUT2D eigenvalue weighted by Crippen LogP contribution is -2.43. The van der Waals surface area contributed by atoms with Gasteiger partial charge < -0.3 is 15.3 Å². The smallest absolute Gasteiger partial charge is 0.265 e. The van der Waals surface area contributed by atoms with Gasteiger partial charge in [0.15, 0.2) is 11.5 Å². The summed E-state index contributed by atoms with van der Waals surface area (Å²) in [6.07, 6.45) is 6.29. The maximum Gasteiger partial charge on any atom is 0.265 e. The second kappa shape index (κ2) is 7.31. The lowest BCUT2D eigenvalue weighted by molar-refractivity contribution is -0.0119. The molecule has 3 aromatic heterocycles. The van der Waals surface area contributed by atoms with Crippen molar-refractivity contribution in [2.75, 3.05) is 23.3 Å². The van der Waals surface area contributed by atoms with Gasteiger partial charge in [0.2, 0.25) is 0 Å². The number of nitrogens with zero attached hydrogens (tertiary/aromatic N) is 6. The van der Waals surface area contributed by atoms with Crippen LogP contribution in [0.4, 0.5) is 20.3 Å². The minimum Gasteiger partial charge on any atom is -0.389 e. The Labute approximate surface area is 171 Å². The first-order valence-corrected chi connectivity index (χ1v) is 9.64. The SMILES string of the molecule is CC(C)(O)Cn1cc(NC(=O)c2cnn3cccnc23)c(N2CCCC(F)(F)C2)n1. The van der Waals surface area contributed by atoms with Crippen molar-refractivity contribution in [2.24, 2.45) is 0 Å². The monoisotopic (exact) mass is 419 g/mol. The molecule has 1 saturated heterocycles. The van der Waals surface area contributed by atoms with Crippen LogP contribution in [-0.4, -0.2) is 60.0 Å². The van der Waals surface area contributed by atoms with Gasteiger partial charge in [0.25, 0.3) is 11.8 Å². The maximum absolute atomic E-state index is 14.0. The molecule has 0 saturated carbocycles. The first kappa shape index (κ1) is 20.2. The Kier molecular flexibility index (Phi) is 4.92. The van der Waals surface area contributed by atoms with Crippen LogP contribution < -0.4 is 10.2 Å². The number of alkyl halides is 2. The van der Waals surface area contributed by atoms with Crippen molar-refractivity contribution in [1.82, 2.24) is 24.4 Å². The second-order valence-electron chi connectivity index (χ2n) is 8.16. The van der Waals surface area contributed by atoms with Gasteiger partial charge in [-0.05, 0) is 26.3 Å². The molecule has 9 nitrogen and oxygen atoms in total. The topological polar surface area (TPSA) is 101 Å². The molecule has 0 unspecified atom stereocenters. The highest BCUT2D eigenvalue weighted by Crippen LogP contribution is 2.33. The van der Waals surface area contributed by atoms with Crippen molar-refractivity contribution in [3.63, 3.8) is 0 Å². The van der Waals surface area contributed by atoms with E-state index in [-0.39, 0.29) is 30.0 Å². The molecule has 1 fully saturated rings. The molecule has 3 aromatic rings. The molecule has 0 aromatic carbocycles. The third-order valence-corrected chi connectivity index (χ3v) is 4.76. The molecule has 11 heteroatoms. The number of carbonyl (C=O) groups excluding carboxylic acids is 1. The van der Waals surface area contributed by atoms with E-state index in [4.69, 9.17) is 0 Å². The van der Waals surface area contributed by atoms with Crippen molar-refractivity contribution >= 4 is 23.1 Å². The molecule has 0 atom stereocenters. The summed E-state index contributed by atoms with van der Waals surface area (Å²) in [5.41, 5.74) is -0.147. The van der Waals surface area contributed by atoms with Crippen LogP contribution in [0.25, 0.3) is 5.65 Å². The Balaban J connectivity index is 1.66. The highest BCUT2D eigenvalue weighted by molar-refractivity contribution is 6.09. The number of aromatic nitrogens is 5. The molecule has 0 bridgehead atoms. The number of fused-ring (bicyclic) bond motifs is 1. The van der Waals surface area contributed by atoms with Crippen LogP contribution in [0.2, 0.25) is 0 Å². The third kappa shape index (κ3) is 4.25. The van der Waals surface area contributed by atoms with Crippen molar-refractivity contribution < 1.29 is 18.7 Å². The number of aliphatic hydroxyl groups is 1. The van der Waals surface area contributed by atoms with E-state index in [9.17, 15) is 18.7 Å². The zero-order chi connectivity index (χ0) is 21.5. The number of rotatable bonds is 5. The molecule has 30 heavy (non-hydrogen) atoms. The molecule has 1 aliphatic heterocycles. The Hall–Kier alpha value is -3.08. The van der Waals surface area contributed by atoms with Crippen LogP contribution >= 0.6 is 0 Å². The van der Waals surface area contributed by atoms with Gasteiger partial charge in [0, 0.05) is 25.4 Å². The standard InChI is InChI=1S/C19H23F2N7O2/c1-18(2,30)11-27-10-14(16(25-27)26-7-3-5-19(20,21)12-26)24-17(29)13-9-23-28-8-4-6-22-15(13)28/h4,6,8-10,30H,3,5,7,11-12H2,1-2H3,(H,24,29). The van der Waals surface area contributed by atoms with Gasteiger partial charge in [-0.2, -0.15) is 10.2 Å². The van der Waals surface area contributed by atoms with Gasteiger partial charge in [-0.15, -0.1) is 0 Å². The second-order valence-corrected chi connectivity index (χ2v) is 8.16. The summed E-state index contributed by atoms with van der Waals surface area (Å²) in [4.78, 5) is 18.5. The molecular formula is C19H23F2N7O2. The number of piperidine rings is 1. The summed E-state index contributed by atoms with van der Waals surface area (Å²) in [5, 5.41) is 21.3. The molecule has 4 rings (SSSR count). The number of anilines is 2. The fraction of sp³-hybridized carbons (Fsp3) is 0.474. The molecule has 0 aliphatic carbocycles. The first-order valence-electron chi connectivity index (χ1n) is 9.64. The average Bonchev–Trinajstić information content (AvgIpc) is 3.23. The van der Waals surface area contributed by atoms with Gasteiger partial charge in [0.05, 0.1) is 31.1 Å². The summed E-state index contributed by atoms with van der Waals surface area (Å²) in [7, 11) is 0. The highest BCUT2D eigenvalue weighted by Gasteiger charge is 2.37. The summed E-state index contributed by atoms with van der Waals surface area (Å²) < 4.78 is 30.9. The Morgan fingerprint density at radius 3 is 2.93 bits per heavy atom. The zero-order valence-electron chi connectivity index (χ0n) is 16.7. The summed E-state index contributed by atoms with van der Waals surface area (Å²) >= 11 is 0. The van der Waals surface area contributed by atoms with Crippen LogP contribution in [0.1, 0.15) is 37.0 Å². The number of carbonyl (C=O) groups is 1. The highest BCUT2D eigenvalue weighted by atomic mass is 19.3. The van der Waals surface area contributed by atoms with Crippen LogP contribution in [0.5, 0.6) is 0 Å². The van der Waals surface area contributed by atoms with Crippen LogP contribution in [0.3, 0.4) is 0 Å². The van der Waals surface area contributed by atoms with E-state index in [1.54, 1.807) is 32.3 Å². The molecule has 4 heterocycles. The predicted molar refractivity (Wildman–Crippen MR) is 106 cm³/mol. The summed E-state index contributed by atoms with van der Waals surface area (Å²) in [6.45, 7) is 3.29. The van der Waals surface area contributed by atoms with Gasteiger partial charge in [-0.25, -0.2) is 18.3 Å². The molecule has 1 amide bonds. The Morgan fingerprint density at radius 2 is 2.20 bits per heavy atom. The average molecular weight is 419 g/mol. The van der Waals surface area contributed by atoms with E-state index in [0.29, 0.717) is 18.6 Å². The number of halogens is 2. The first-order chi connectivity index (χ1) is 14.1. The van der Waals surface area contributed by atoms with Crippen LogP contribution in [0, 0.1) is 0 Å². The van der Waals surface area contributed by atoms with E-state index in [1.165, 1.54) is 26.5 Å². The molecule has 0 spiro atoms. The number of nitrogens with one attached hydrogen (secondary N) is 1. The van der Waals surface area contributed by atoms with E-state index in [2.05, 4.69) is 20.5 Å². The zero-order valence-corrected chi connectivity index (χ0v) is 16.7. The van der Waals surface area contributed by atoms with E-state index >= 15 is 0 Å². The molecule has 2 N–H and O–H groups in total. The molecular weight excluding hydrogens is 396 g/mol. The van der Waals surface area contributed by atoms with Crippen molar-refractivity contribution in [2.45, 2.75) is 44.8 Å². The van der Waals surface area contributed by atoms with E-state index in [0.717, 1.165) is 0 Å². The molecule has 160 valence electrons. The number of hydrogen-bond donors (Lipinski definition) is 2. The van der Waals surface area contributed by atoms with Crippen molar-refractivity contribution in [3.05, 3.63) is 36.4 Å².